The molecule has 0 spiro atoms. The number of hydrogen-bond donors (Lipinski definition) is 1. The Morgan fingerprint density at radius 3 is 2.62 bits per heavy atom. The van der Waals surface area contributed by atoms with Crippen molar-refractivity contribution in [3.05, 3.63) is 70.2 Å². The third-order valence-electron chi connectivity index (χ3n) is 3.54. The van der Waals surface area contributed by atoms with Gasteiger partial charge in [0.1, 0.15) is 0 Å². The Morgan fingerprint density at radius 2 is 1.96 bits per heavy atom. The maximum Gasteiger partial charge on any atom is 0.253 e. The fourth-order valence-electron chi connectivity index (χ4n) is 2.42. The van der Waals surface area contributed by atoms with Crippen molar-refractivity contribution in [3.63, 3.8) is 0 Å². The van der Waals surface area contributed by atoms with Crippen molar-refractivity contribution < 1.29 is 14.6 Å². The number of nitrogens with zero attached hydrogens (tertiary/aromatic N) is 1. The molecule has 4 nitrogen and oxygen atoms in total. The summed E-state index contributed by atoms with van der Waals surface area (Å²) in [7, 11) is 1.65. The van der Waals surface area contributed by atoms with Crippen molar-refractivity contribution in [3.8, 4) is 0 Å². The monoisotopic (exact) mass is 347 g/mol. The van der Waals surface area contributed by atoms with Gasteiger partial charge in [0.15, 0.2) is 0 Å². The number of rotatable bonds is 7. The lowest BCUT2D eigenvalue weighted by Gasteiger charge is -2.21. The Kier molecular flexibility index (Phi) is 6.79. The predicted molar refractivity (Wildman–Crippen MR) is 95.3 cm³/mol. The van der Waals surface area contributed by atoms with E-state index in [0.717, 1.165) is 11.1 Å². The Labute approximate surface area is 147 Å². The van der Waals surface area contributed by atoms with Crippen LogP contribution in [-0.4, -0.2) is 42.2 Å². The van der Waals surface area contributed by atoms with E-state index in [2.05, 4.69) is 0 Å². The molecular formula is C19H22ClNO3. The van der Waals surface area contributed by atoms with Crippen LogP contribution in [0.3, 0.4) is 0 Å². The van der Waals surface area contributed by atoms with Gasteiger partial charge in [-0.3, -0.25) is 4.79 Å². The second-order valence-electron chi connectivity index (χ2n) is 5.86. The minimum absolute atomic E-state index is 0.168. The fraction of sp³-hybridized carbons (Fsp3) is 0.316. The van der Waals surface area contributed by atoms with E-state index in [9.17, 15) is 9.90 Å². The zero-order valence-corrected chi connectivity index (χ0v) is 14.7. The van der Waals surface area contributed by atoms with E-state index in [0.29, 0.717) is 17.2 Å². The van der Waals surface area contributed by atoms with Crippen LogP contribution in [-0.2, 0) is 11.3 Å². The highest BCUT2D eigenvalue weighted by Gasteiger charge is 2.16. The number of likely N-dealkylation sites (N-methyl/N-ethyl adjacent to an activating group) is 1. The molecule has 2 aromatic carbocycles. The molecule has 2 aromatic rings. The van der Waals surface area contributed by atoms with Crippen LogP contribution < -0.4 is 0 Å². The van der Waals surface area contributed by atoms with Gasteiger partial charge in [-0.25, -0.2) is 0 Å². The first-order valence-electron chi connectivity index (χ1n) is 7.78. The number of ether oxygens (including phenoxy) is 1. The average Bonchev–Trinajstić information content (AvgIpc) is 2.54. The Morgan fingerprint density at radius 1 is 1.25 bits per heavy atom. The van der Waals surface area contributed by atoms with Crippen molar-refractivity contribution in [2.45, 2.75) is 19.6 Å². The first-order chi connectivity index (χ1) is 11.5. The van der Waals surface area contributed by atoms with Gasteiger partial charge in [-0.2, -0.15) is 0 Å². The first-order valence-corrected chi connectivity index (χ1v) is 8.16. The molecule has 0 radical (unpaired) electrons. The molecule has 0 aliphatic heterocycles. The van der Waals surface area contributed by atoms with E-state index < -0.39 is 6.10 Å². The summed E-state index contributed by atoms with van der Waals surface area (Å²) in [6.07, 6.45) is -0.747. The van der Waals surface area contributed by atoms with Gasteiger partial charge in [0.05, 0.1) is 19.3 Å². The maximum absolute atomic E-state index is 12.4. The minimum Gasteiger partial charge on any atom is -0.389 e. The molecule has 0 saturated carbocycles. The fourth-order valence-corrected chi connectivity index (χ4v) is 2.71. The summed E-state index contributed by atoms with van der Waals surface area (Å²) >= 11 is 5.99. The van der Waals surface area contributed by atoms with Crippen LogP contribution in [0.15, 0.2) is 48.5 Å². The summed E-state index contributed by atoms with van der Waals surface area (Å²) < 4.78 is 5.50. The van der Waals surface area contributed by atoms with Crippen LogP contribution in [0.1, 0.15) is 21.5 Å². The van der Waals surface area contributed by atoms with E-state index >= 15 is 0 Å². The van der Waals surface area contributed by atoms with Gasteiger partial charge in [0, 0.05) is 24.2 Å². The van der Waals surface area contributed by atoms with Gasteiger partial charge in [-0.1, -0.05) is 41.9 Å². The standard InChI is InChI=1S/C19H22ClNO3/c1-14-8-16(10-17(20)9-14)19(23)21(2)11-18(22)13-24-12-15-6-4-3-5-7-15/h3-10,18,22H,11-13H2,1-2H3. The summed E-state index contributed by atoms with van der Waals surface area (Å²) in [6.45, 7) is 2.68. The van der Waals surface area contributed by atoms with Crippen LogP contribution in [0, 0.1) is 6.92 Å². The molecule has 0 bridgehead atoms. The van der Waals surface area contributed by atoms with Crippen LogP contribution in [0.4, 0.5) is 0 Å². The summed E-state index contributed by atoms with van der Waals surface area (Å²) in [5, 5.41) is 10.6. The van der Waals surface area contributed by atoms with Crippen LogP contribution in [0.2, 0.25) is 5.02 Å². The SMILES string of the molecule is Cc1cc(Cl)cc(C(=O)N(C)CC(O)COCc2ccccc2)c1. The molecule has 1 unspecified atom stereocenters. The van der Waals surface area contributed by atoms with E-state index in [-0.39, 0.29) is 19.1 Å². The molecule has 0 aliphatic carbocycles. The highest BCUT2D eigenvalue weighted by Crippen LogP contribution is 2.16. The third kappa shape index (κ3) is 5.64. The highest BCUT2D eigenvalue weighted by atomic mass is 35.5. The smallest absolute Gasteiger partial charge is 0.253 e. The van der Waals surface area contributed by atoms with E-state index in [1.165, 1.54) is 4.90 Å². The second-order valence-corrected chi connectivity index (χ2v) is 6.29. The lowest BCUT2D eigenvalue weighted by molar-refractivity contribution is 0.0137. The Balaban J connectivity index is 1.82. The van der Waals surface area contributed by atoms with Gasteiger partial charge >= 0.3 is 0 Å². The molecule has 0 fully saturated rings. The Hall–Kier alpha value is -1.88. The topological polar surface area (TPSA) is 49.8 Å². The van der Waals surface area contributed by atoms with Gasteiger partial charge in [-0.05, 0) is 36.2 Å². The lowest BCUT2D eigenvalue weighted by Crippen LogP contribution is -2.36. The quantitative estimate of drug-likeness (QED) is 0.836. The third-order valence-corrected chi connectivity index (χ3v) is 3.76. The number of hydrogen-bond acceptors (Lipinski definition) is 3. The average molecular weight is 348 g/mol. The molecule has 5 heteroatoms. The number of amides is 1. The molecule has 1 amide bonds. The summed E-state index contributed by atoms with van der Waals surface area (Å²) in [5.41, 5.74) is 2.48. The molecule has 0 saturated heterocycles. The molecule has 0 aromatic heterocycles. The highest BCUT2D eigenvalue weighted by molar-refractivity contribution is 6.31. The number of carbonyl (C=O) groups excluding carboxylic acids is 1. The largest absolute Gasteiger partial charge is 0.389 e. The van der Waals surface area contributed by atoms with Crippen LogP contribution in [0.5, 0.6) is 0 Å². The van der Waals surface area contributed by atoms with Crippen molar-refractivity contribution >= 4 is 17.5 Å². The summed E-state index contributed by atoms with van der Waals surface area (Å²) in [4.78, 5) is 13.9. The van der Waals surface area contributed by atoms with Gasteiger partial charge < -0.3 is 14.7 Å². The molecule has 128 valence electrons. The summed E-state index contributed by atoms with van der Waals surface area (Å²) in [6, 6.07) is 15.0. The zero-order valence-electron chi connectivity index (χ0n) is 13.9. The Bertz CT molecular complexity index is 655. The van der Waals surface area contributed by atoms with E-state index in [1.54, 1.807) is 25.2 Å². The molecular weight excluding hydrogens is 326 g/mol. The number of halogens is 1. The number of aliphatic hydroxyl groups is 1. The van der Waals surface area contributed by atoms with Gasteiger partial charge in [0.25, 0.3) is 5.91 Å². The predicted octanol–water partition coefficient (Wildman–Crippen LogP) is 3.30. The molecule has 1 atom stereocenters. The van der Waals surface area contributed by atoms with Crippen molar-refractivity contribution in [1.29, 1.82) is 0 Å². The summed E-state index contributed by atoms with van der Waals surface area (Å²) in [5.74, 6) is -0.178. The first kappa shape index (κ1) is 18.5. The minimum atomic E-state index is -0.747. The number of aryl methyl sites for hydroxylation is 1. The van der Waals surface area contributed by atoms with Crippen LogP contribution >= 0.6 is 11.6 Å². The van der Waals surface area contributed by atoms with Crippen molar-refractivity contribution in [2.24, 2.45) is 0 Å². The number of benzene rings is 2. The second kappa shape index (κ2) is 8.83. The normalized spacial score (nSPS) is 12.0. The maximum atomic E-state index is 12.4. The molecule has 2 rings (SSSR count). The van der Waals surface area contributed by atoms with Crippen LogP contribution in [0.25, 0.3) is 0 Å². The molecule has 1 N–H and O–H groups in total. The van der Waals surface area contributed by atoms with Crippen molar-refractivity contribution in [1.82, 2.24) is 4.90 Å². The zero-order chi connectivity index (χ0) is 17.5. The molecule has 0 heterocycles. The number of aliphatic hydroxyl groups excluding tert-OH is 1. The lowest BCUT2D eigenvalue weighted by atomic mass is 10.1. The van der Waals surface area contributed by atoms with Gasteiger partial charge in [-0.15, -0.1) is 0 Å². The molecule has 0 aliphatic rings. The number of carbonyl (C=O) groups is 1. The van der Waals surface area contributed by atoms with E-state index in [4.69, 9.17) is 16.3 Å². The molecule has 24 heavy (non-hydrogen) atoms. The van der Waals surface area contributed by atoms with Gasteiger partial charge in [0.2, 0.25) is 0 Å². The van der Waals surface area contributed by atoms with E-state index in [1.807, 2.05) is 37.3 Å². The van der Waals surface area contributed by atoms with Crippen molar-refractivity contribution in [2.75, 3.05) is 20.2 Å².